The van der Waals surface area contributed by atoms with Gasteiger partial charge in [0.15, 0.2) is 0 Å². The molecule has 2 nitrogen and oxygen atoms in total. The van der Waals surface area contributed by atoms with E-state index in [-0.39, 0.29) is 25.1 Å². The predicted octanol–water partition coefficient (Wildman–Crippen LogP) is 1.17. The van der Waals surface area contributed by atoms with Gasteiger partial charge in [0.05, 0.1) is 6.61 Å². The van der Waals surface area contributed by atoms with E-state index < -0.39 is 0 Å². The van der Waals surface area contributed by atoms with Crippen LogP contribution in [-0.2, 0) is 0 Å². The third-order valence-corrected chi connectivity index (χ3v) is 1.61. The molecule has 76 valence electrons. The smallest absolute Gasteiger partial charge is 0.0591 e. The highest BCUT2D eigenvalue weighted by Crippen LogP contribution is 1.95. The Hall–Kier alpha value is -1.01. The minimum atomic E-state index is -0.226. The number of aliphatic hydroxyl groups excluding tert-OH is 1. The van der Waals surface area contributed by atoms with Crippen molar-refractivity contribution in [1.29, 1.82) is 0 Å². The molecule has 3 heteroatoms. The molecule has 0 aromatic heterocycles. The molecule has 0 aliphatic carbocycles. The minimum absolute atomic E-state index is 0. The van der Waals surface area contributed by atoms with Gasteiger partial charge in [0.2, 0.25) is 0 Å². The largest absolute Gasteiger partial charge is 0.395 e. The van der Waals surface area contributed by atoms with Gasteiger partial charge in [0.25, 0.3) is 0 Å². The first-order valence-corrected chi connectivity index (χ1v) is 4.23. The molecule has 1 atom stereocenters. The summed E-state index contributed by atoms with van der Waals surface area (Å²) in [4.78, 5) is 0. The van der Waals surface area contributed by atoms with Crippen LogP contribution in [0.5, 0.6) is 0 Å². The van der Waals surface area contributed by atoms with Gasteiger partial charge in [-0.1, -0.05) is 30.0 Å². The zero-order chi connectivity index (χ0) is 9.52. The average molecular weight is 212 g/mol. The Balaban J connectivity index is 0.00000169. The number of halogens is 1. The summed E-state index contributed by atoms with van der Waals surface area (Å²) in [6, 6.07) is 9.49. The van der Waals surface area contributed by atoms with Crippen molar-refractivity contribution < 1.29 is 5.11 Å². The first kappa shape index (κ1) is 13.0. The Morgan fingerprint density at radius 2 is 1.93 bits per heavy atom. The van der Waals surface area contributed by atoms with Crippen molar-refractivity contribution in [2.45, 2.75) is 12.5 Å². The lowest BCUT2D eigenvalue weighted by atomic mass is 10.2. The van der Waals surface area contributed by atoms with E-state index in [2.05, 4.69) is 11.8 Å². The molecule has 0 bridgehead atoms. The topological polar surface area (TPSA) is 46.2 Å². The fraction of sp³-hybridized carbons (Fsp3) is 0.273. The summed E-state index contributed by atoms with van der Waals surface area (Å²) >= 11 is 0. The van der Waals surface area contributed by atoms with Gasteiger partial charge < -0.3 is 10.8 Å². The van der Waals surface area contributed by atoms with E-state index in [1.807, 2.05) is 30.3 Å². The monoisotopic (exact) mass is 211 g/mol. The van der Waals surface area contributed by atoms with Crippen molar-refractivity contribution >= 4 is 12.4 Å². The molecular formula is C11H14ClNO. The van der Waals surface area contributed by atoms with Crippen molar-refractivity contribution in [2.75, 3.05) is 6.61 Å². The molecule has 0 aliphatic rings. The van der Waals surface area contributed by atoms with Crippen LogP contribution in [0.3, 0.4) is 0 Å². The van der Waals surface area contributed by atoms with E-state index in [1.165, 1.54) is 0 Å². The van der Waals surface area contributed by atoms with E-state index in [1.54, 1.807) is 0 Å². The molecule has 0 radical (unpaired) electrons. The Morgan fingerprint density at radius 3 is 2.50 bits per heavy atom. The average Bonchev–Trinajstić information content (AvgIpc) is 2.19. The molecule has 0 saturated carbocycles. The summed E-state index contributed by atoms with van der Waals surface area (Å²) in [6.45, 7) is -0.0104. The quantitative estimate of drug-likeness (QED) is 0.722. The van der Waals surface area contributed by atoms with E-state index in [4.69, 9.17) is 10.8 Å². The van der Waals surface area contributed by atoms with Crippen molar-refractivity contribution in [1.82, 2.24) is 0 Å². The second kappa shape index (κ2) is 7.40. The van der Waals surface area contributed by atoms with E-state index in [9.17, 15) is 0 Å². The van der Waals surface area contributed by atoms with E-state index >= 15 is 0 Å². The summed E-state index contributed by atoms with van der Waals surface area (Å²) in [5, 5.41) is 8.64. The number of hydrogen-bond acceptors (Lipinski definition) is 2. The summed E-state index contributed by atoms with van der Waals surface area (Å²) < 4.78 is 0. The summed E-state index contributed by atoms with van der Waals surface area (Å²) in [7, 11) is 0. The number of aliphatic hydroxyl groups is 1. The Bertz CT molecular complexity index is 302. The zero-order valence-electron chi connectivity index (χ0n) is 7.81. The molecule has 1 unspecified atom stereocenters. The molecule has 0 saturated heterocycles. The van der Waals surface area contributed by atoms with Gasteiger partial charge in [0, 0.05) is 18.0 Å². The Kier molecular flexibility index (Phi) is 6.87. The fourth-order valence-corrected chi connectivity index (χ4v) is 0.870. The van der Waals surface area contributed by atoms with Gasteiger partial charge in [-0.25, -0.2) is 0 Å². The van der Waals surface area contributed by atoms with E-state index in [0.29, 0.717) is 6.42 Å². The van der Waals surface area contributed by atoms with Crippen LogP contribution in [0.4, 0.5) is 0 Å². The molecular weight excluding hydrogens is 198 g/mol. The first-order valence-electron chi connectivity index (χ1n) is 4.23. The molecule has 0 amide bonds. The van der Waals surface area contributed by atoms with Gasteiger partial charge in [-0.2, -0.15) is 0 Å². The van der Waals surface area contributed by atoms with Crippen LogP contribution >= 0.6 is 12.4 Å². The SMILES string of the molecule is Cl.NC(CO)CC#Cc1ccccc1. The van der Waals surface area contributed by atoms with Crippen molar-refractivity contribution in [3.8, 4) is 11.8 Å². The fourth-order valence-electron chi connectivity index (χ4n) is 0.870. The number of nitrogens with two attached hydrogens (primary N) is 1. The highest BCUT2D eigenvalue weighted by atomic mass is 35.5. The molecule has 0 aliphatic heterocycles. The third kappa shape index (κ3) is 4.88. The highest BCUT2D eigenvalue weighted by Gasteiger charge is 1.94. The number of benzene rings is 1. The second-order valence-corrected chi connectivity index (χ2v) is 2.81. The summed E-state index contributed by atoms with van der Waals surface area (Å²) in [5.74, 6) is 5.89. The van der Waals surface area contributed by atoms with Crippen LogP contribution in [0.15, 0.2) is 30.3 Å². The van der Waals surface area contributed by atoms with Crippen LogP contribution in [0.1, 0.15) is 12.0 Å². The van der Waals surface area contributed by atoms with Crippen LogP contribution < -0.4 is 5.73 Å². The lowest BCUT2D eigenvalue weighted by molar-refractivity contribution is 0.267. The van der Waals surface area contributed by atoms with Gasteiger partial charge in [0.1, 0.15) is 0 Å². The third-order valence-electron chi connectivity index (χ3n) is 1.61. The molecule has 1 aromatic carbocycles. The molecule has 0 fully saturated rings. The minimum Gasteiger partial charge on any atom is -0.395 e. The zero-order valence-corrected chi connectivity index (χ0v) is 8.63. The van der Waals surface area contributed by atoms with Crippen molar-refractivity contribution in [3.05, 3.63) is 35.9 Å². The standard InChI is InChI=1S/C11H13NO.ClH/c12-11(9-13)8-4-7-10-5-2-1-3-6-10;/h1-3,5-6,11,13H,8-9,12H2;1H. The first-order chi connectivity index (χ1) is 6.33. The van der Waals surface area contributed by atoms with Crippen molar-refractivity contribution in [3.63, 3.8) is 0 Å². The molecule has 1 rings (SSSR count). The van der Waals surface area contributed by atoms with E-state index in [0.717, 1.165) is 5.56 Å². The molecule has 14 heavy (non-hydrogen) atoms. The number of hydrogen-bond donors (Lipinski definition) is 2. The lowest BCUT2D eigenvalue weighted by Gasteiger charge is -1.99. The van der Waals surface area contributed by atoms with Crippen LogP contribution in [-0.4, -0.2) is 17.8 Å². The van der Waals surface area contributed by atoms with Gasteiger partial charge >= 0.3 is 0 Å². The molecule has 0 heterocycles. The van der Waals surface area contributed by atoms with Crippen LogP contribution in [0.2, 0.25) is 0 Å². The summed E-state index contributed by atoms with van der Waals surface area (Å²) in [6.07, 6.45) is 0.533. The van der Waals surface area contributed by atoms with Crippen molar-refractivity contribution in [2.24, 2.45) is 5.73 Å². The molecule has 3 N–H and O–H groups in total. The Morgan fingerprint density at radius 1 is 1.29 bits per heavy atom. The summed E-state index contributed by atoms with van der Waals surface area (Å²) in [5.41, 5.74) is 6.46. The van der Waals surface area contributed by atoms with Crippen LogP contribution in [0.25, 0.3) is 0 Å². The highest BCUT2D eigenvalue weighted by molar-refractivity contribution is 5.85. The lowest BCUT2D eigenvalue weighted by Crippen LogP contribution is -2.23. The second-order valence-electron chi connectivity index (χ2n) is 2.81. The Labute approximate surface area is 90.5 Å². The van der Waals surface area contributed by atoms with Gasteiger partial charge in [-0.05, 0) is 12.1 Å². The molecule has 0 spiro atoms. The van der Waals surface area contributed by atoms with Gasteiger partial charge in [-0.15, -0.1) is 12.4 Å². The maximum Gasteiger partial charge on any atom is 0.0591 e. The maximum absolute atomic E-state index is 8.64. The van der Waals surface area contributed by atoms with Gasteiger partial charge in [-0.3, -0.25) is 0 Å². The maximum atomic E-state index is 8.64. The predicted molar refractivity (Wildman–Crippen MR) is 60.2 cm³/mol. The normalized spacial score (nSPS) is 10.7. The van der Waals surface area contributed by atoms with Crippen LogP contribution in [0, 0.1) is 11.8 Å². The molecule has 1 aromatic rings. The number of rotatable bonds is 2.